The predicted octanol–water partition coefficient (Wildman–Crippen LogP) is 2.29. The van der Waals surface area contributed by atoms with Gasteiger partial charge in [-0.3, -0.25) is 9.59 Å². The lowest BCUT2D eigenvalue weighted by Gasteiger charge is -2.17. The molecule has 4 unspecified atom stereocenters. The van der Waals surface area contributed by atoms with Crippen LogP contribution in [-0.2, 0) is 9.59 Å². The number of rotatable bonds is 5. The zero-order valence-electron chi connectivity index (χ0n) is 11.8. The summed E-state index contributed by atoms with van der Waals surface area (Å²) in [6.45, 7) is 3.09. The van der Waals surface area contributed by atoms with Crippen molar-refractivity contribution in [2.45, 2.75) is 32.2 Å². The van der Waals surface area contributed by atoms with Crippen molar-refractivity contribution < 1.29 is 23.5 Å². The lowest BCUT2D eigenvalue weighted by atomic mass is 10.0. The molecule has 4 nitrogen and oxygen atoms in total. The minimum absolute atomic E-state index is 0.0587. The monoisotopic (exact) mass is 297 g/mol. The third-order valence-corrected chi connectivity index (χ3v) is 4.01. The summed E-state index contributed by atoms with van der Waals surface area (Å²) >= 11 is 0. The maximum atomic E-state index is 13.6. The molecule has 0 aromatic heterocycles. The number of carbonyl (C=O) groups excluding carboxylic acids is 1. The Morgan fingerprint density at radius 1 is 1.29 bits per heavy atom. The molecule has 21 heavy (non-hydrogen) atoms. The summed E-state index contributed by atoms with van der Waals surface area (Å²) in [5.41, 5.74) is -0.0587. The van der Waals surface area contributed by atoms with Crippen LogP contribution >= 0.6 is 0 Å². The van der Waals surface area contributed by atoms with Crippen molar-refractivity contribution in [1.82, 2.24) is 5.32 Å². The van der Waals surface area contributed by atoms with Crippen molar-refractivity contribution in [2.75, 3.05) is 0 Å². The van der Waals surface area contributed by atoms with Gasteiger partial charge in [-0.05, 0) is 32.4 Å². The number of hydrogen-bond donors (Lipinski definition) is 2. The molecule has 2 N–H and O–H groups in total. The van der Waals surface area contributed by atoms with Gasteiger partial charge >= 0.3 is 5.97 Å². The van der Waals surface area contributed by atoms with Gasteiger partial charge in [0.05, 0.1) is 5.92 Å². The van der Waals surface area contributed by atoms with E-state index in [4.69, 9.17) is 5.11 Å². The second kappa shape index (κ2) is 5.79. The van der Waals surface area contributed by atoms with Gasteiger partial charge in [0.2, 0.25) is 5.91 Å². The summed E-state index contributed by atoms with van der Waals surface area (Å²) in [6, 6.07) is 3.07. The molecule has 0 saturated heterocycles. The molecule has 0 radical (unpaired) electrons. The number of carboxylic acids is 1. The first-order valence-corrected chi connectivity index (χ1v) is 6.80. The second-order valence-corrected chi connectivity index (χ2v) is 5.51. The number of carboxylic acid groups (broad SMARTS) is 1. The number of nitrogens with one attached hydrogen (secondary N) is 1. The van der Waals surface area contributed by atoms with Gasteiger partial charge in [0, 0.05) is 23.4 Å². The van der Waals surface area contributed by atoms with Crippen molar-refractivity contribution in [3.05, 3.63) is 35.4 Å². The van der Waals surface area contributed by atoms with Gasteiger partial charge in [-0.25, -0.2) is 8.78 Å². The Morgan fingerprint density at radius 3 is 2.38 bits per heavy atom. The molecule has 0 aliphatic heterocycles. The van der Waals surface area contributed by atoms with Crippen molar-refractivity contribution in [2.24, 2.45) is 11.8 Å². The number of halogens is 2. The van der Waals surface area contributed by atoms with E-state index in [0.29, 0.717) is 6.42 Å². The van der Waals surface area contributed by atoms with Crippen LogP contribution in [0.2, 0.25) is 0 Å². The van der Waals surface area contributed by atoms with E-state index in [1.807, 2.05) is 0 Å². The first-order chi connectivity index (χ1) is 9.82. The highest BCUT2D eigenvalue weighted by Crippen LogP contribution is 2.49. The maximum absolute atomic E-state index is 13.6. The summed E-state index contributed by atoms with van der Waals surface area (Å²) < 4.78 is 27.3. The smallest absolute Gasteiger partial charge is 0.308 e. The van der Waals surface area contributed by atoms with E-state index < -0.39 is 41.4 Å². The molecule has 1 aromatic rings. The van der Waals surface area contributed by atoms with Crippen LogP contribution in [0.5, 0.6) is 0 Å². The Hall–Kier alpha value is -1.98. The fraction of sp³-hybridized carbons (Fsp3) is 0.467. The average molecular weight is 297 g/mol. The Bertz CT molecular complexity index is 556. The van der Waals surface area contributed by atoms with E-state index in [9.17, 15) is 18.4 Å². The Morgan fingerprint density at radius 2 is 1.86 bits per heavy atom. The molecule has 2 rings (SSSR count). The molecule has 1 fully saturated rings. The first kappa shape index (κ1) is 15.4. The van der Waals surface area contributed by atoms with E-state index in [1.165, 1.54) is 25.1 Å². The molecule has 1 aromatic carbocycles. The lowest BCUT2D eigenvalue weighted by Crippen LogP contribution is -2.41. The molecular formula is C15H17F2NO3. The molecule has 0 spiro atoms. The van der Waals surface area contributed by atoms with Gasteiger partial charge in [-0.2, -0.15) is 0 Å². The predicted molar refractivity (Wildman–Crippen MR) is 71.6 cm³/mol. The number of amides is 1. The largest absolute Gasteiger partial charge is 0.481 e. The highest BCUT2D eigenvalue weighted by molar-refractivity contribution is 5.84. The highest BCUT2D eigenvalue weighted by atomic mass is 19.1. The fourth-order valence-corrected chi connectivity index (χ4v) is 2.34. The zero-order valence-corrected chi connectivity index (χ0v) is 11.8. The van der Waals surface area contributed by atoms with E-state index in [2.05, 4.69) is 5.32 Å². The van der Waals surface area contributed by atoms with Crippen molar-refractivity contribution in [1.29, 1.82) is 0 Å². The standard InChI is InChI=1S/C15H17F2NO3/c1-7(15(20)21)8(2)18-14(19)10-6-9(10)13-11(16)4-3-5-12(13)17/h3-5,7-10H,6H2,1-2H3,(H,18,19)(H,20,21). The second-order valence-electron chi connectivity index (χ2n) is 5.51. The van der Waals surface area contributed by atoms with Crippen molar-refractivity contribution in [3.8, 4) is 0 Å². The average Bonchev–Trinajstić information content (AvgIpc) is 3.17. The van der Waals surface area contributed by atoms with Gasteiger partial charge < -0.3 is 10.4 Å². The molecule has 4 atom stereocenters. The molecular weight excluding hydrogens is 280 g/mol. The summed E-state index contributed by atoms with van der Waals surface area (Å²) in [4.78, 5) is 22.8. The van der Waals surface area contributed by atoms with Gasteiger partial charge in [0.15, 0.2) is 0 Å². The molecule has 1 saturated carbocycles. The highest BCUT2D eigenvalue weighted by Gasteiger charge is 2.47. The summed E-state index contributed by atoms with van der Waals surface area (Å²) in [5, 5.41) is 11.5. The summed E-state index contributed by atoms with van der Waals surface area (Å²) in [6.07, 6.45) is 0.373. The zero-order chi connectivity index (χ0) is 15.7. The summed E-state index contributed by atoms with van der Waals surface area (Å²) in [5.74, 6) is -4.36. The SMILES string of the molecule is CC(NC(=O)C1CC1c1c(F)cccc1F)C(C)C(=O)O. The van der Waals surface area contributed by atoms with Crippen LogP contribution < -0.4 is 5.32 Å². The number of aliphatic carboxylic acids is 1. The molecule has 114 valence electrons. The van der Waals surface area contributed by atoms with Crippen LogP contribution in [0.15, 0.2) is 18.2 Å². The minimum atomic E-state index is -1.00. The van der Waals surface area contributed by atoms with Crippen molar-refractivity contribution >= 4 is 11.9 Å². The normalized spacial score (nSPS) is 23.2. The first-order valence-electron chi connectivity index (χ1n) is 6.80. The topological polar surface area (TPSA) is 66.4 Å². The van der Waals surface area contributed by atoms with Gasteiger partial charge in [0.25, 0.3) is 0 Å². The Balaban J connectivity index is 2.00. The third kappa shape index (κ3) is 3.20. The summed E-state index contributed by atoms with van der Waals surface area (Å²) in [7, 11) is 0. The maximum Gasteiger partial charge on any atom is 0.308 e. The minimum Gasteiger partial charge on any atom is -0.481 e. The molecule has 0 bridgehead atoms. The Kier molecular flexibility index (Phi) is 4.25. The third-order valence-electron chi connectivity index (χ3n) is 4.01. The van der Waals surface area contributed by atoms with Crippen LogP contribution in [0.25, 0.3) is 0 Å². The van der Waals surface area contributed by atoms with Crippen LogP contribution in [0.3, 0.4) is 0 Å². The van der Waals surface area contributed by atoms with Crippen molar-refractivity contribution in [3.63, 3.8) is 0 Å². The molecule has 1 aliphatic carbocycles. The quantitative estimate of drug-likeness (QED) is 0.876. The van der Waals surface area contributed by atoms with E-state index in [0.717, 1.165) is 0 Å². The fourth-order valence-electron chi connectivity index (χ4n) is 2.34. The number of benzene rings is 1. The van der Waals surface area contributed by atoms with Crippen LogP contribution in [0.1, 0.15) is 31.7 Å². The Labute approximate surface area is 121 Å². The molecule has 1 aliphatic rings. The van der Waals surface area contributed by atoms with E-state index >= 15 is 0 Å². The van der Waals surface area contributed by atoms with Gasteiger partial charge in [0.1, 0.15) is 11.6 Å². The van der Waals surface area contributed by atoms with Crippen LogP contribution in [0, 0.1) is 23.5 Å². The molecule has 0 heterocycles. The van der Waals surface area contributed by atoms with Crippen LogP contribution in [-0.4, -0.2) is 23.0 Å². The molecule has 6 heteroatoms. The lowest BCUT2D eigenvalue weighted by molar-refractivity contribution is -0.142. The number of hydrogen-bond acceptors (Lipinski definition) is 2. The van der Waals surface area contributed by atoms with Gasteiger partial charge in [-0.1, -0.05) is 6.07 Å². The number of carbonyl (C=O) groups is 2. The van der Waals surface area contributed by atoms with E-state index in [-0.39, 0.29) is 11.5 Å². The van der Waals surface area contributed by atoms with Crippen LogP contribution in [0.4, 0.5) is 8.78 Å². The molecule has 1 amide bonds. The van der Waals surface area contributed by atoms with Gasteiger partial charge in [-0.15, -0.1) is 0 Å². The van der Waals surface area contributed by atoms with E-state index in [1.54, 1.807) is 6.92 Å².